The van der Waals surface area contributed by atoms with Gasteiger partial charge in [-0.25, -0.2) is 0 Å². The van der Waals surface area contributed by atoms with Gasteiger partial charge in [0.1, 0.15) is 11.3 Å². The number of Topliss-reactive ketones (excluding diaryl/α,β-unsaturated/α-hetero) is 1. The minimum Gasteiger partial charge on any atom is -0.377 e. The fraction of sp³-hybridized carbons (Fsp3) is 0.238. The summed E-state index contributed by atoms with van der Waals surface area (Å²) in [6, 6.07) is 10.3. The van der Waals surface area contributed by atoms with E-state index in [0.717, 1.165) is 27.5 Å². The maximum absolute atomic E-state index is 12.0. The van der Waals surface area contributed by atoms with Gasteiger partial charge >= 0.3 is 0 Å². The van der Waals surface area contributed by atoms with Gasteiger partial charge in [0.2, 0.25) is 5.69 Å². The van der Waals surface area contributed by atoms with E-state index in [2.05, 4.69) is 27.8 Å². The first-order valence-electron chi connectivity index (χ1n) is 8.61. The molecular formula is C21H19N2O2+. The quantitative estimate of drug-likeness (QED) is 0.709. The van der Waals surface area contributed by atoms with Crippen molar-refractivity contribution in [2.24, 2.45) is 5.92 Å². The third kappa shape index (κ3) is 1.86. The van der Waals surface area contributed by atoms with Gasteiger partial charge in [-0.3, -0.25) is 4.79 Å². The number of aromatic amines is 1. The van der Waals surface area contributed by atoms with E-state index >= 15 is 0 Å². The lowest BCUT2D eigenvalue weighted by Crippen LogP contribution is -2.39. The fourth-order valence-electron chi connectivity index (χ4n) is 4.61. The van der Waals surface area contributed by atoms with Gasteiger partial charge in [0, 0.05) is 28.8 Å². The van der Waals surface area contributed by atoms with Crippen LogP contribution < -0.4 is 4.57 Å². The number of fused-ring (bicyclic) bond motifs is 7. The van der Waals surface area contributed by atoms with Gasteiger partial charge in [-0.2, -0.15) is 4.57 Å². The largest absolute Gasteiger partial charge is 0.377 e. The molecule has 2 N–H and O–H groups in total. The smallest absolute Gasteiger partial charge is 0.239 e. The normalized spacial score (nSPS) is 27.0. The van der Waals surface area contributed by atoms with E-state index in [9.17, 15) is 9.90 Å². The SMILES string of the molecule is CC(=O)CC1(O)c2c3[nH]c4ccccc4c3cc[n+]2C2C=CC=CC21. The summed E-state index contributed by atoms with van der Waals surface area (Å²) >= 11 is 0. The van der Waals surface area contributed by atoms with Crippen LogP contribution >= 0.6 is 0 Å². The number of allylic oxidation sites excluding steroid dienone is 3. The summed E-state index contributed by atoms with van der Waals surface area (Å²) in [6.07, 6.45) is 10.2. The van der Waals surface area contributed by atoms with Crippen LogP contribution in [0.5, 0.6) is 0 Å². The topological polar surface area (TPSA) is 57.0 Å². The van der Waals surface area contributed by atoms with Crippen LogP contribution in [-0.2, 0) is 10.4 Å². The highest BCUT2D eigenvalue weighted by molar-refractivity contribution is 6.07. The summed E-state index contributed by atoms with van der Waals surface area (Å²) in [7, 11) is 0. The molecule has 3 unspecified atom stereocenters. The van der Waals surface area contributed by atoms with Gasteiger partial charge in [0.15, 0.2) is 17.8 Å². The molecular weight excluding hydrogens is 312 g/mol. The van der Waals surface area contributed by atoms with Crippen molar-refractivity contribution >= 4 is 27.6 Å². The summed E-state index contributed by atoms with van der Waals surface area (Å²) in [4.78, 5) is 15.5. The molecule has 0 saturated heterocycles. The molecule has 1 aromatic carbocycles. The van der Waals surface area contributed by atoms with Gasteiger partial charge in [0.05, 0.1) is 5.92 Å². The summed E-state index contributed by atoms with van der Waals surface area (Å²) < 4.78 is 2.12. The third-order valence-corrected chi connectivity index (χ3v) is 5.55. The minimum atomic E-state index is -1.21. The van der Waals surface area contributed by atoms with Gasteiger partial charge < -0.3 is 10.1 Å². The van der Waals surface area contributed by atoms with E-state index in [1.807, 2.05) is 42.6 Å². The summed E-state index contributed by atoms with van der Waals surface area (Å²) in [6.45, 7) is 1.55. The molecule has 0 bridgehead atoms. The Morgan fingerprint density at radius 1 is 1.20 bits per heavy atom. The van der Waals surface area contributed by atoms with Crippen LogP contribution in [0.3, 0.4) is 0 Å². The number of rotatable bonds is 2. The highest BCUT2D eigenvalue weighted by Gasteiger charge is 2.58. The van der Waals surface area contributed by atoms with E-state index in [1.54, 1.807) is 6.92 Å². The first kappa shape index (κ1) is 14.6. The number of carbonyl (C=O) groups is 1. The molecule has 0 radical (unpaired) electrons. The van der Waals surface area contributed by atoms with Gasteiger partial charge in [-0.15, -0.1) is 0 Å². The van der Waals surface area contributed by atoms with Gasteiger partial charge in [-0.1, -0.05) is 36.4 Å². The Kier molecular flexibility index (Phi) is 2.86. The van der Waals surface area contributed by atoms with Crippen LogP contribution in [0.2, 0.25) is 0 Å². The first-order valence-corrected chi connectivity index (χ1v) is 8.61. The van der Waals surface area contributed by atoms with Crippen LogP contribution in [-0.4, -0.2) is 15.9 Å². The number of pyridine rings is 1. The van der Waals surface area contributed by atoms with Crippen molar-refractivity contribution in [3.05, 3.63) is 66.5 Å². The predicted octanol–water partition coefficient (Wildman–Crippen LogP) is 3.07. The molecule has 2 aliphatic rings. The molecule has 0 fully saturated rings. The number of aliphatic hydroxyl groups is 1. The highest BCUT2D eigenvalue weighted by Crippen LogP contribution is 2.47. The lowest BCUT2D eigenvalue weighted by Gasteiger charge is -2.25. The molecule has 25 heavy (non-hydrogen) atoms. The number of benzene rings is 1. The van der Waals surface area contributed by atoms with E-state index in [1.165, 1.54) is 0 Å². The van der Waals surface area contributed by atoms with Crippen LogP contribution in [0.25, 0.3) is 21.8 Å². The van der Waals surface area contributed by atoms with E-state index in [0.29, 0.717) is 0 Å². The van der Waals surface area contributed by atoms with E-state index < -0.39 is 5.60 Å². The molecule has 124 valence electrons. The molecule has 4 nitrogen and oxygen atoms in total. The molecule has 1 aliphatic carbocycles. The molecule has 5 rings (SSSR count). The van der Waals surface area contributed by atoms with Crippen LogP contribution in [0, 0.1) is 5.92 Å². The average molecular weight is 331 g/mol. The van der Waals surface area contributed by atoms with Crippen LogP contribution in [0.1, 0.15) is 25.1 Å². The maximum atomic E-state index is 12.0. The van der Waals surface area contributed by atoms with Gasteiger partial charge in [0.25, 0.3) is 0 Å². The second-order valence-electron chi connectivity index (χ2n) is 7.12. The van der Waals surface area contributed by atoms with Crippen molar-refractivity contribution in [3.8, 4) is 0 Å². The summed E-state index contributed by atoms with van der Waals surface area (Å²) in [5.41, 5.74) is 1.56. The Morgan fingerprint density at radius 3 is 2.84 bits per heavy atom. The molecule has 3 heterocycles. The number of aromatic nitrogens is 2. The second kappa shape index (κ2) is 4.90. The number of H-pyrrole nitrogens is 1. The number of carbonyl (C=O) groups excluding carboxylic acids is 1. The summed E-state index contributed by atoms with van der Waals surface area (Å²) in [5, 5.41) is 13.9. The molecule has 3 aromatic rings. The summed E-state index contributed by atoms with van der Waals surface area (Å²) in [5.74, 6) is -0.149. The van der Waals surface area contributed by atoms with Crippen molar-refractivity contribution < 1.29 is 14.5 Å². The number of hydrogen-bond donors (Lipinski definition) is 2. The monoisotopic (exact) mass is 331 g/mol. The average Bonchev–Trinajstić information content (AvgIpc) is 3.09. The van der Waals surface area contributed by atoms with Crippen molar-refractivity contribution in [1.29, 1.82) is 0 Å². The lowest BCUT2D eigenvalue weighted by molar-refractivity contribution is -0.708. The fourth-order valence-corrected chi connectivity index (χ4v) is 4.61. The van der Waals surface area contributed by atoms with Crippen molar-refractivity contribution in [1.82, 2.24) is 4.98 Å². The molecule has 3 atom stereocenters. The number of ketones is 1. The van der Waals surface area contributed by atoms with Gasteiger partial charge in [-0.05, 0) is 19.1 Å². The van der Waals surface area contributed by atoms with E-state index in [-0.39, 0.29) is 24.2 Å². The molecule has 2 aromatic heterocycles. The number of hydrogen-bond acceptors (Lipinski definition) is 2. The van der Waals surface area contributed by atoms with Crippen molar-refractivity contribution in [2.45, 2.75) is 25.0 Å². The standard InChI is InChI=1S/C21H18N2O2/c1-13(24)12-21(25)16-7-3-5-9-18(16)23-11-10-15-14-6-2-4-8-17(14)22-19(15)20(21)23/h2-11,16,18,25H,12H2,1H3/p+1. The minimum absolute atomic E-state index is 0.00855. The van der Waals surface area contributed by atoms with Crippen LogP contribution in [0.15, 0.2) is 60.8 Å². The number of nitrogens with one attached hydrogen (secondary N) is 1. The zero-order valence-corrected chi connectivity index (χ0v) is 13.9. The molecule has 4 heteroatoms. The highest BCUT2D eigenvalue weighted by atomic mass is 16.3. The zero-order chi connectivity index (χ0) is 17.2. The Morgan fingerprint density at radius 2 is 2.00 bits per heavy atom. The first-order chi connectivity index (χ1) is 12.1. The maximum Gasteiger partial charge on any atom is 0.239 e. The Hall–Kier alpha value is -2.72. The molecule has 0 saturated carbocycles. The molecule has 0 amide bonds. The van der Waals surface area contributed by atoms with E-state index in [4.69, 9.17) is 0 Å². The third-order valence-electron chi connectivity index (χ3n) is 5.55. The lowest BCUT2D eigenvalue weighted by atomic mass is 9.78. The molecule has 0 spiro atoms. The Bertz CT molecular complexity index is 1090. The second-order valence-corrected chi connectivity index (χ2v) is 7.12. The zero-order valence-electron chi connectivity index (χ0n) is 13.9. The number of nitrogens with zero attached hydrogens (tertiary/aromatic N) is 1. The predicted molar refractivity (Wildman–Crippen MR) is 96.0 cm³/mol. The number of para-hydroxylation sites is 1. The van der Waals surface area contributed by atoms with Crippen LogP contribution in [0.4, 0.5) is 0 Å². The Labute approximate surface area is 145 Å². The van der Waals surface area contributed by atoms with Crippen molar-refractivity contribution in [2.75, 3.05) is 0 Å². The van der Waals surface area contributed by atoms with Crippen molar-refractivity contribution in [3.63, 3.8) is 0 Å². The molecule has 1 aliphatic heterocycles. The Balaban J connectivity index is 1.88.